The summed E-state index contributed by atoms with van der Waals surface area (Å²) in [4.78, 5) is 23.9. The van der Waals surface area contributed by atoms with Crippen molar-refractivity contribution < 1.29 is 31.9 Å². The molecule has 0 N–H and O–H groups in total. The number of esters is 2. The predicted molar refractivity (Wildman–Crippen MR) is 88.3 cm³/mol. The first-order chi connectivity index (χ1) is 11.7. The Labute approximate surface area is 149 Å². The van der Waals surface area contributed by atoms with E-state index >= 15 is 0 Å². The van der Waals surface area contributed by atoms with Gasteiger partial charge in [-0.2, -0.15) is 0 Å². The van der Waals surface area contributed by atoms with E-state index in [1.807, 2.05) is 0 Å². The van der Waals surface area contributed by atoms with Gasteiger partial charge in [-0.1, -0.05) is 11.6 Å². The molecule has 0 saturated heterocycles. The molecular formula is C16H15ClO7S. The van der Waals surface area contributed by atoms with Gasteiger partial charge in [-0.3, -0.25) is 0 Å². The summed E-state index contributed by atoms with van der Waals surface area (Å²) in [5, 5.41) is 0.0439. The highest BCUT2D eigenvalue weighted by atomic mass is 35.5. The van der Waals surface area contributed by atoms with Gasteiger partial charge in [0.15, 0.2) is 22.2 Å². The van der Waals surface area contributed by atoms with Gasteiger partial charge in [-0.25, -0.2) is 18.0 Å². The zero-order valence-electron chi connectivity index (χ0n) is 13.4. The van der Waals surface area contributed by atoms with Gasteiger partial charge in [0.2, 0.25) is 0 Å². The van der Waals surface area contributed by atoms with E-state index in [1.165, 1.54) is 24.5 Å². The second-order valence-electron chi connectivity index (χ2n) is 4.97. The van der Waals surface area contributed by atoms with Crippen molar-refractivity contribution in [1.29, 1.82) is 0 Å². The van der Waals surface area contributed by atoms with Gasteiger partial charge in [0.05, 0.1) is 28.4 Å². The maximum atomic E-state index is 12.2. The predicted octanol–water partition coefficient (Wildman–Crippen LogP) is 2.87. The zero-order valence-corrected chi connectivity index (χ0v) is 15.0. The Hall–Kier alpha value is -2.32. The molecule has 1 heterocycles. The number of carbonyl (C=O) groups excluding carboxylic acids is 2. The van der Waals surface area contributed by atoms with E-state index < -0.39 is 21.8 Å². The maximum absolute atomic E-state index is 12.2. The topological polar surface area (TPSA) is 99.9 Å². The lowest BCUT2D eigenvalue weighted by atomic mass is 10.2. The van der Waals surface area contributed by atoms with Gasteiger partial charge in [0.25, 0.3) is 0 Å². The molecule has 0 aliphatic carbocycles. The van der Waals surface area contributed by atoms with Crippen molar-refractivity contribution in [1.82, 2.24) is 0 Å². The standard InChI is InChI=1S/C16H15ClO7S/c1-3-22-15(18)11-6-7-23-14(11)9-24-16(19)12-8-10(25(2,20)21)4-5-13(12)17/h4-8H,3,9H2,1-2H3. The van der Waals surface area contributed by atoms with E-state index in [1.54, 1.807) is 6.92 Å². The van der Waals surface area contributed by atoms with E-state index in [9.17, 15) is 18.0 Å². The average molecular weight is 387 g/mol. The summed E-state index contributed by atoms with van der Waals surface area (Å²) >= 11 is 5.93. The molecule has 0 amide bonds. The number of rotatable bonds is 6. The van der Waals surface area contributed by atoms with Gasteiger partial charge in [-0.05, 0) is 31.2 Å². The molecule has 0 fully saturated rings. The van der Waals surface area contributed by atoms with Crippen LogP contribution < -0.4 is 0 Å². The van der Waals surface area contributed by atoms with Crippen LogP contribution in [0.3, 0.4) is 0 Å². The average Bonchev–Trinajstić information content (AvgIpc) is 3.00. The lowest BCUT2D eigenvalue weighted by Gasteiger charge is -2.08. The molecule has 25 heavy (non-hydrogen) atoms. The van der Waals surface area contributed by atoms with Crippen LogP contribution in [0, 0.1) is 0 Å². The number of halogens is 1. The molecule has 1 aromatic heterocycles. The smallest absolute Gasteiger partial charge is 0.341 e. The minimum Gasteiger partial charge on any atom is -0.465 e. The van der Waals surface area contributed by atoms with Gasteiger partial charge in [0, 0.05) is 6.26 Å². The third kappa shape index (κ3) is 4.61. The lowest BCUT2D eigenvalue weighted by Crippen LogP contribution is -2.10. The number of furan rings is 1. The molecule has 1 aromatic carbocycles. The fraction of sp³-hybridized carbons (Fsp3) is 0.250. The highest BCUT2D eigenvalue weighted by molar-refractivity contribution is 7.90. The summed E-state index contributed by atoms with van der Waals surface area (Å²) in [5.41, 5.74) is 0.0412. The number of sulfone groups is 1. The van der Waals surface area contributed by atoms with Gasteiger partial charge in [0.1, 0.15) is 5.56 Å². The molecule has 2 aromatic rings. The highest BCUT2D eigenvalue weighted by Crippen LogP contribution is 2.22. The summed E-state index contributed by atoms with van der Waals surface area (Å²) < 4.78 is 38.2. The van der Waals surface area contributed by atoms with Crippen LogP contribution in [-0.2, 0) is 25.9 Å². The monoisotopic (exact) mass is 386 g/mol. The van der Waals surface area contributed by atoms with E-state index in [0.717, 1.165) is 12.3 Å². The molecule has 0 radical (unpaired) electrons. The Morgan fingerprint density at radius 1 is 1.12 bits per heavy atom. The Morgan fingerprint density at radius 2 is 1.80 bits per heavy atom. The van der Waals surface area contributed by atoms with Crippen molar-refractivity contribution in [3.05, 3.63) is 52.4 Å². The van der Waals surface area contributed by atoms with E-state index in [4.69, 9.17) is 25.5 Å². The van der Waals surface area contributed by atoms with Crippen molar-refractivity contribution in [2.24, 2.45) is 0 Å². The summed E-state index contributed by atoms with van der Waals surface area (Å²) in [5.74, 6) is -1.33. The maximum Gasteiger partial charge on any atom is 0.341 e. The molecule has 0 aliphatic rings. The molecule has 134 valence electrons. The Kier molecular flexibility index (Phi) is 5.86. The SMILES string of the molecule is CCOC(=O)c1ccoc1COC(=O)c1cc(S(C)(=O)=O)ccc1Cl. The van der Waals surface area contributed by atoms with E-state index in [-0.39, 0.29) is 40.0 Å². The van der Waals surface area contributed by atoms with Crippen molar-refractivity contribution in [3.63, 3.8) is 0 Å². The minimum absolute atomic E-state index is 0.0439. The van der Waals surface area contributed by atoms with Crippen molar-refractivity contribution in [3.8, 4) is 0 Å². The van der Waals surface area contributed by atoms with E-state index in [0.29, 0.717) is 0 Å². The van der Waals surface area contributed by atoms with Crippen LogP contribution in [0.2, 0.25) is 5.02 Å². The highest BCUT2D eigenvalue weighted by Gasteiger charge is 2.20. The fourth-order valence-electron chi connectivity index (χ4n) is 1.94. The van der Waals surface area contributed by atoms with Crippen LogP contribution in [0.25, 0.3) is 0 Å². The van der Waals surface area contributed by atoms with Gasteiger partial charge >= 0.3 is 11.9 Å². The minimum atomic E-state index is -3.50. The second kappa shape index (κ2) is 7.71. The number of benzene rings is 1. The molecule has 0 atom stereocenters. The molecular weight excluding hydrogens is 372 g/mol. The number of hydrogen-bond donors (Lipinski definition) is 0. The third-order valence-electron chi connectivity index (χ3n) is 3.16. The second-order valence-corrected chi connectivity index (χ2v) is 7.39. The van der Waals surface area contributed by atoms with Gasteiger partial charge in [-0.15, -0.1) is 0 Å². The Balaban J connectivity index is 2.17. The molecule has 0 spiro atoms. The van der Waals surface area contributed by atoms with Crippen molar-refractivity contribution >= 4 is 33.4 Å². The third-order valence-corrected chi connectivity index (χ3v) is 4.60. The van der Waals surface area contributed by atoms with Crippen molar-refractivity contribution in [2.45, 2.75) is 18.4 Å². The molecule has 2 rings (SSSR count). The zero-order chi connectivity index (χ0) is 18.6. The lowest BCUT2D eigenvalue weighted by molar-refractivity contribution is 0.0422. The summed E-state index contributed by atoms with van der Waals surface area (Å²) in [6, 6.07) is 5.12. The quantitative estimate of drug-likeness (QED) is 0.703. The van der Waals surface area contributed by atoms with Crippen LogP contribution in [0.4, 0.5) is 0 Å². The van der Waals surface area contributed by atoms with Crippen LogP contribution in [-0.4, -0.2) is 33.2 Å². The van der Waals surface area contributed by atoms with Crippen molar-refractivity contribution in [2.75, 3.05) is 12.9 Å². The normalized spacial score (nSPS) is 11.2. The first kappa shape index (κ1) is 19.0. The number of ether oxygens (including phenoxy) is 2. The first-order valence-electron chi connectivity index (χ1n) is 7.14. The molecule has 0 aliphatic heterocycles. The van der Waals surface area contributed by atoms with Gasteiger partial charge < -0.3 is 13.9 Å². The van der Waals surface area contributed by atoms with Crippen LogP contribution >= 0.6 is 11.6 Å². The first-order valence-corrected chi connectivity index (χ1v) is 9.41. The van der Waals surface area contributed by atoms with Crippen LogP contribution in [0.1, 0.15) is 33.4 Å². The Morgan fingerprint density at radius 3 is 2.44 bits per heavy atom. The summed E-state index contributed by atoms with van der Waals surface area (Å²) in [6.45, 7) is 1.52. The molecule has 7 nitrogen and oxygen atoms in total. The molecule has 9 heteroatoms. The fourth-order valence-corrected chi connectivity index (χ4v) is 2.79. The Bertz CT molecular complexity index is 899. The number of carbonyl (C=O) groups is 2. The largest absolute Gasteiger partial charge is 0.465 e. The van der Waals surface area contributed by atoms with Crippen LogP contribution in [0.5, 0.6) is 0 Å². The molecule has 0 bridgehead atoms. The number of hydrogen-bond acceptors (Lipinski definition) is 7. The summed E-state index contributed by atoms with van der Waals surface area (Å²) in [7, 11) is -3.50. The molecule has 0 saturated carbocycles. The molecule has 0 unspecified atom stereocenters. The van der Waals surface area contributed by atoms with E-state index in [2.05, 4.69) is 0 Å². The summed E-state index contributed by atoms with van der Waals surface area (Å²) in [6.07, 6.45) is 2.28. The van der Waals surface area contributed by atoms with Crippen LogP contribution in [0.15, 0.2) is 39.8 Å².